The van der Waals surface area contributed by atoms with Crippen LogP contribution in [0.15, 0.2) is 60.7 Å². The first-order valence-electron chi connectivity index (χ1n) is 12.0. The fraction of sp³-hybridized carbons (Fsp3) is 0.444. The molecule has 1 unspecified atom stereocenters. The van der Waals surface area contributed by atoms with Gasteiger partial charge in [0.2, 0.25) is 5.91 Å². The maximum atomic E-state index is 14.3. The van der Waals surface area contributed by atoms with Gasteiger partial charge in [0, 0.05) is 13.1 Å². The molecule has 0 radical (unpaired) electrons. The standard InChI is InChI=1S/C27H32N4O3/c28-20-26(16-17-29-21-26)31(18-22-10-4-1-5-11-22)24(32)27(14-8-3-9-15-27)30-25(33)34-19-23-12-6-2-7-13-23/h1-2,4-7,10-13,29H,3,8-9,14-19,21H2,(H,30,33). The Labute approximate surface area is 201 Å². The average molecular weight is 461 g/mol. The van der Waals surface area contributed by atoms with Crippen LogP contribution in [0.2, 0.25) is 0 Å². The summed E-state index contributed by atoms with van der Waals surface area (Å²) in [6.45, 7) is 1.54. The number of carbonyl (C=O) groups excluding carboxylic acids is 2. The van der Waals surface area contributed by atoms with E-state index < -0.39 is 17.2 Å². The van der Waals surface area contributed by atoms with Crippen molar-refractivity contribution in [2.75, 3.05) is 13.1 Å². The van der Waals surface area contributed by atoms with Crippen molar-refractivity contribution in [1.29, 1.82) is 5.26 Å². The topological polar surface area (TPSA) is 94.5 Å². The number of amides is 2. The summed E-state index contributed by atoms with van der Waals surface area (Å²) in [4.78, 5) is 28.8. The van der Waals surface area contributed by atoms with Crippen molar-refractivity contribution < 1.29 is 14.3 Å². The molecule has 1 atom stereocenters. The van der Waals surface area contributed by atoms with E-state index in [0.717, 1.165) is 30.4 Å². The second-order valence-corrected chi connectivity index (χ2v) is 9.28. The highest BCUT2D eigenvalue weighted by Gasteiger charge is 2.51. The monoisotopic (exact) mass is 460 g/mol. The molecule has 7 heteroatoms. The molecule has 7 nitrogen and oxygen atoms in total. The number of ether oxygens (including phenoxy) is 1. The molecule has 4 rings (SSSR count). The van der Waals surface area contributed by atoms with E-state index in [-0.39, 0.29) is 12.5 Å². The Morgan fingerprint density at radius 2 is 1.62 bits per heavy atom. The van der Waals surface area contributed by atoms with E-state index in [9.17, 15) is 14.9 Å². The SMILES string of the molecule is N#CC1(N(Cc2ccccc2)C(=O)C2(NC(=O)OCc3ccccc3)CCCCC2)CCNC1. The predicted molar refractivity (Wildman–Crippen MR) is 128 cm³/mol. The van der Waals surface area contributed by atoms with E-state index in [0.29, 0.717) is 38.9 Å². The summed E-state index contributed by atoms with van der Waals surface area (Å²) in [6.07, 6.45) is 3.70. The van der Waals surface area contributed by atoms with E-state index in [2.05, 4.69) is 16.7 Å². The highest BCUT2D eigenvalue weighted by molar-refractivity contribution is 5.91. The van der Waals surface area contributed by atoms with Gasteiger partial charge in [0.1, 0.15) is 17.7 Å². The Morgan fingerprint density at radius 1 is 0.971 bits per heavy atom. The van der Waals surface area contributed by atoms with Crippen LogP contribution in [0.3, 0.4) is 0 Å². The molecule has 34 heavy (non-hydrogen) atoms. The fourth-order valence-corrected chi connectivity index (χ4v) is 5.01. The van der Waals surface area contributed by atoms with Gasteiger partial charge in [-0.15, -0.1) is 0 Å². The Hall–Kier alpha value is -3.37. The summed E-state index contributed by atoms with van der Waals surface area (Å²) < 4.78 is 5.48. The molecule has 2 amide bonds. The molecule has 0 spiro atoms. The maximum absolute atomic E-state index is 14.3. The van der Waals surface area contributed by atoms with Crippen molar-refractivity contribution in [1.82, 2.24) is 15.5 Å². The summed E-state index contributed by atoms with van der Waals surface area (Å²) in [5.74, 6) is -0.196. The van der Waals surface area contributed by atoms with Crippen LogP contribution in [0.25, 0.3) is 0 Å². The summed E-state index contributed by atoms with van der Waals surface area (Å²) in [5.41, 5.74) is -0.192. The third-order valence-corrected chi connectivity index (χ3v) is 6.96. The third-order valence-electron chi connectivity index (χ3n) is 6.96. The molecule has 1 saturated carbocycles. The quantitative estimate of drug-likeness (QED) is 0.654. The van der Waals surface area contributed by atoms with Gasteiger partial charge >= 0.3 is 6.09 Å². The number of carbonyl (C=O) groups is 2. The number of hydrogen-bond donors (Lipinski definition) is 2. The normalized spacial score (nSPS) is 21.3. The molecule has 1 heterocycles. The van der Waals surface area contributed by atoms with Crippen molar-refractivity contribution in [3.05, 3.63) is 71.8 Å². The van der Waals surface area contributed by atoms with Crippen LogP contribution in [0.4, 0.5) is 4.79 Å². The lowest BCUT2D eigenvalue weighted by molar-refractivity contribution is -0.145. The molecule has 2 aromatic carbocycles. The Kier molecular flexibility index (Phi) is 7.49. The number of hydrogen-bond acceptors (Lipinski definition) is 5. The van der Waals surface area contributed by atoms with Crippen LogP contribution in [-0.2, 0) is 22.7 Å². The second-order valence-electron chi connectivity index (χ2n) is 9.28. The first-order valence-corrected chi connectivity index (χ1v) is 12.0. The van der Waals surface area contributed by atoms with E-state index >= 15 is 0 Å². The van der Waals surface area contributed by atoms with Gasteiger partial charge in [0.05, 0.1) is 6.07 Å². The van der Waals surface area contributed by atoms with E-state index in [1.807, 2.05) is 60.7 Å². The Bertz CT molecular complexity index is 1010. The van der Waals surface area contributed by atoms with Crippen molar-refractivity contribution in [2.24, 2.45) is 0 Å². The van der Waals surface area contributed by atoms with Gasteiger partial charge in [-0.1, -0.05) is 79.9 Å². The summed E-state index contributed by atoms with van der Waals surface area (Å²) in [7, 11) is 0. The third kappa shape index (κ3) is 5.23. The molecule has 2 N–H and O–H groups in total. The summed E-state index contributed by atoms with van der Waals surface area (Å²) in [6, 6.07) is 21.6. The van der Waals surface area contributed by atoms with Gasteiger partial charge in [-0.2, -0.15) is 5.26 Å². The van der Waals surface area contributed by atoms with Crippen molar-refractivity contribution in [2.45, 2.75) is 62.8 Å². The van der Waals surface area contributed by atoms with Gasteiger partial charge in [-0.3, -0.25) is 4.79 Å². The van der Waals surface area contributed by atoms with E-state index in [4.69, 9.17) is 4.74 Å². The molecule has 0 bridgehead atoms. The maximum Gasteiger partial charge on any atom is 0.408 e. The van der Waals surface area contributed by atoms with Crippen LogP contribution in [-0.4, -0.2) is 41.1 Å². The van der Waals surface area contributed by atoms with Gasteiger partial charge in [0.25, 0.3) is 0 Å². The molecular formula is C27H32N4O3. The lowest BCUT2D eigenvalue weighted by Crippen LogP contribution is -2.65. The fourth-order valence-electron chi connectivity index (χ4n) is 5.01. The van der Waals surface area contributed by atoms with Crippen LogP contribution in [0, 0.1) is 11.3 Å². The minimum absolute atomic E-state index is 0.136. The number of nitrogens with zero attached hydrogens (tertiary/aromatic N) is 2. The van der Waals surface area contributed by atoms with Crippen LogP contribution >= 0.6 is 0 Å². The number of nitrogens with one attached hydrogen (secondary N) is 2. The van der Waals surface area contributed by atoms with Crippen molar-refractivity contribution in [3.8, 4) is 6.07 Å². The van der Waals surface area contributed by atoms with Crippen LogP contribution in [0.5, 0.6) is 0 Å². The Balaban J connectivity index is 1.58. The van der Waals surface area contributed by atoms with Crippen LogP contribution in [0.1, 0.15) is 49.7 Å². The number of alkyl carbamates (subject to hydrolysis) is 1. The van der Waals surface area contributed by atoms with Crippen molar-refractivity contribution in [3.63, 3.8) is 0 Å². The largest absolute Gasteiger partial charge is 0.445 e. The molecule has 2 aromatic rings. The predicted octanol–water partition coefficient (Wildman–Crippen LogP) is 3.90. The van der Waals surface area contributed by atoms with Crippen LogP contribution < -0.4 is 10.6 Å². The molecule has 2 fully saturated rings. The Morgan fingerprint density at radius 3 is 2.21 bits per heavy atom. The minimum atomic E-state index is -1.08. The second kappa shape index (κ2) is 10.7. The molecule has 1 aliphatic heterocycles. The highest BCUT2D eigenvalue weighted by atomic mass is 16.5. The number of rotatable bonds is 7. The van der Waals surface area contributed by atoms with Gasteiger partial charge in [-0.25, -0.2) is 4.79 Å². The number of benzene rings is 2. The number of nitriles is 1. The smallest absolute Gasteiger partial charge is 0.408 e. The molecule has 1 saturated heterocycles. The summed E-state index contributed by atoms with van der Waals surface area (Å²) in [5, 5.41) is 16.4. The zero-order valence-corrected chi connectivity index (χ0v) is 19.5. The molecular weight excluding hydrogens is 428 g/mol. The zero-order valence-electron chi connectivity index (χ0n) is 19.5. The van der Waals surface area contributed by atoms with Gasteiger partial charge in [0.15, 0.2) is 0 Å². The zero-order chi connectivity index (χ0) is 23.9. The van der Waals surface area contributed by atoms with Gasteiger partial charge < -0.3 is 20.3 Å². The molecule has 178 valence electrons. The molecule has 1 aliphatic carbocycles. The lowest BCUT2D eigenvalue weighted by atomic mass is 9.79. The molecule has 0 aromatic heterocycles. The van der Waals surface area contributed by atoms with Gasteiger partial charge in [-0.05, 0) is 36.9 Å². The average Bonchev–Trinajstić information content (AvgIpc) is 3.38. The van der Waals surface area contributed by atoms with E-state index in [1.165, 1.54) is 0 Å². The minimum Gasteiger partial charge on any atom is -0.445 e. The first kappa shape index (κ1) is 23.8. The molecule has 2 aliphatic rings. The first-order chi connectivity index (χ1) is 16.6. The highest BCUT2D eigenvalue weighted by Crippen LogP contribution is 2.35. The van der Waals surface area contributed by atoms with E-state index in [1.54, 1.807) is 4.90 Å². The summed E-state index contributed by atoms with van der Waals surface area (Å²) >= 11 is 0. The lowest BCUT2D eigenvalue weighted by Gasteiger charge is -2.44. The van der Waals surface area contributed by atoms with Crippen molar-refractivity contribution >= 4 is 12.0 Å².